The number of hydrogen-bond donors (Lipinski definition) is 2. The van der Waals surface area contributed by atoms with Crippen LogP contribution in [-0.4, -0.2) is 66.9 Å². The molecule has 1 saturated carbocycles. The molecule has 0 aromatic heterocycles. The van der Waals surface area contributed by atoms with E-state index in [1.807, 2.05) is 60.7 Å². The van der Waals surface area contributed by atoms with Crippen molar-refractivity contribution in [3.05, 3.63) is 120 Å². The van der Waals surface area contributed by atoms with Crippen LogP contribution in [0.15, 0.2) is 103 Å². The highest BCUT2D eigenvalue weighted by atomic mass is 16.2. The molecule has 2 amide bonds. The minimum Gasteiger partial charge on any atom is -0.367 e. The topological polar surface area (TPSA) is 81.9 Å². The van der Waals surface area contributed by atoms with Crippen molar-refractivity contribution in [2.45, 2.75) is 57.2 Å². The van der Waals surface area contributed by atoms with Crippen molar-refractivity contribution in [2.24, 2.45) is 5.73 Å². The predicted molar refractivity (Wildman–Crippen MR) is 191 cm³/mol. The van der Waals surface area contributed by atoms with E-state index in [0.717, 1.165) is 91.1 Å². The zero-order valence-electron chi connectivity index (χ0n) is 27.5. The van der Waals surface area contributed by atoms with Gasteiger partial charge in [0, 0.05) is 44.8 Å². The molecule has 0 bridgehead atoms. The van der Waals surface area contributed by atoms with Gasteiger partial charge in [-0.05, 0) is 78.7 Å². The Kier molecular flexibility index (Phi) is 10.7. The Balaban J connectivity index is 1.25. The van der Waals surface area contributed by atoms with Gasteiger partial charge >= 0.3 is 0 Å². The van der Waals surface area contributed by atoms with Gasteiger partial charge in [0.2, 0.25) is 11.8 Å². The van der Waals surface area contributed by atoms with Gasteiger partial charge in [0.15, 0.2) is 0 Å². The van der Waals surface area contributed by atoms with E-state index in [1.54, 1.807) is 0 Å². The van der Waals surface area contributed by atoms with Gasteiger partial charge in [0.1, 0.15) is 0 Å². The van der Waals surface area contributed by atoms with Crippen molar-refractivity contribution in [2.75, 3.05) is 43.4 Å². The van der Waals surface area contributed by atoms with Crippen molar-refractivity contribution in [3.8, 4) is 11.1 Å². The number of nitrogens with zero attached hydrogens (tertiary/aromatic N) is 3. The summed E-state index contributed by atoms with van der Waals surface area (Å²) in [5.41, 5.74) is 13.3. The van der Waals surface area contributed by atoms with Crippen LogP contribution in [0.3, 0.4) is 0 Å². The maximum absolute atomic E-state index is 13.8. The van der Waals surface area contributed by atoms with Crippen LogP contribution in [0.4, 0.5) is 11.4 Å². The highest BCUT2D eigenvalue weighted by Crippen LogP contribution is 2.33. The normalized spacial score (nSPS) is 18.5. The summed E-state index contributed by atoms with van der Waals surface area (Å²) < 4.78 is 0. The summed E-state index contributed by atoms with van der Waals surface area (Å²) in [5, 5.41) is 3.25. The summed E-state index contributed by atoms with van der Waals surface area (Å²) >= 11 is 0. The number of carbonyl (C=O) groups excluding carboxylic acids is 2. The van der Waals surface area contributed by atoms with Gasteiger partial charge in [-0.1, -0.05) is 84.9 Å². The fourth-order valence-electron chi connectivity index (χ4n) is 6.87. The second kappa shape index (κ2) is 15.4. The first-order chi connectivity index (χ1) is 22.9. The third-order valence-corrected chi connectivity index (χ3v) is 9.64. The Morgan fingerprint density at radius 1 is 0.723 bits per heavy atom. The van der Waals surface area contributed by atoms with E-state index in [9.17, 15) is 9.59 Å². The molecule has 6 rings (SSSR count). The van der Waals surface area contributed by atoms with Gasteiger partial charge in [-0.15, -0.1) is 0 Å². The lowest BCUT2D eigenvalue weighted by Gasteiger charge is -2.36. The second-order valence-corrected chi connectivity index (χ2v) is 13.2. The van der Waals surface area contributed by atoms with Crippen molar-refractivity contribution in [3.63, 3.8) is 0 Å². The quantitative estimate of drug-likeness (QED) is 0.221. The van der Waals surface area contributed by atoms with Crippen LogP contribution < -0.4 is 16.0 Å². The largest absolute Gasteiger partial charge is 0.367 e. The van der Waals surface area contributed by atoms with Crippen LogP contribution in [0.2, 0.25) is 0 Å². The third-order valence-electron chi connectivity index (χ3n) is 9.64. The lowest BCUT2D eigenvalue weighted by Crippen LogP contribution is -2.44. The molecule has 0 unspecified atom stereocenters. The smallest absolute Gasteiger partial charge is 0.228 e. The van der Waals surface area contributed by atoms with E-state index in [1.165, 1.54) is 0 Å². The molecule has 4 aromatic rings. The first-order valence-corrected chi connectivity index (χ1v) is 17.0. The van der Waals surface area contributed by atoms with Crippen LogP contribution in [-0.2, 0) is 29.0 Å². The summed E-state index contributed by atoms with van der Waals surface area (Å²) in [6.07, 6.45) is 4.46. The monoisotopic (exact) mass is 629 g/mol. The van der Waals surface area contributed by atoms with Crippen molar-refractivity contribution < 1.29 is 9.59 Å². The molecule has 1 aliphatic heterocycles. The predicted octanol–water partition coefficient (Wildman–Crippen LogP) is 6.13. The Morgan fingerprint density at radius 3 is 2.02 bits per heavy atom. The van der Waals surface area contributed by atoms with E-state index >= 15 is 0 Å². The third kappa shape index (κ3) is 8.67. The average molecular weight is 630 g/mol. The minimum absolute atomic E-state index is 0.0303. The van der Waals surface area contributed by atoms with Gasteiger partial charge in [0.05, 0.1) is 24.2 Å². The molecule has 244 valence electrons. The molecular weight excluding hydrogens is 582 g/mol. The Hall–Kier alpha value is -4.46. The van der Waals surface area contributed by atoms with Gasteiger partial charge in [-0.2, -0.15) is 0 Å². The number of hydrogen-bond acceptors (Lipinski definition) is 5. The Bertz CT molecular complexity index is 1630. The lowest BCUT2D eigenvalue weighted by molar-refractivity contribution is -0.134. The average Bonchev–Trinajstić information content (AvgIpc) is 3.09. The highest BCUT2D eigenvalue weighted by Gasteiger charge is 2.28. The first-order valence-electron chi connectivity index (χ1n) is 17.0. The molecule has 47 heavy (non-hydrogen) atoms. The van der Waals surface area contributed by atoms with Gasteiger partial charge in [0.25, 0.3) is 0 Å². The summed E-state index contributed by atoms with van der Waals surface area (Å²) in [6.45, 7) is 4.33. The van der Waals surface area contributed by atoms with Gasteiger partial charge in [-0.3, -0.25) is 9.59 Å². The molecule has 7 heteroatoms. The molecule has 0 radical (unpaired) electrons. The minimum atomic E-state index is -0.0303. The number of nitrogens with one attached hydrogen (secondary N) is 1. The number of anilines is 2. The van der Waals surface area contributed by atoms with Crippen molar-refractivity contribution >= 4 is 23.2 Å². The maximum Gasteiger partial charge on any atom is 0.228 e. The summed E-state index contributed by atoms with van der Waals surface area (Å²) in [7, 11) is 2.15. The number of nitrogens with two attached hydrogens (primary N) is 1. The van der Waals surface area contributed by atoms with Crippen LogP contribution >= 0.6 is 0 Å². The number of amides is 2. The van der Waals surface area contributed by atoms with E-state index in [-0.39, 0.29) is 23.9 Å². The van der Waals surface area contributed by atoms with Crippen LogP contribution in [0.5, 0.6) is 0 Å². The molecule has 3 N–H and O–H groups in total. The Labute approximate surface area is 279 Å². The SMILES string of the molecule is CN1CCN(c2ccc(-c3cccc(CN(C(=O)Cc4ccccc4)C4CCC(N)CC4)c3)cc2NC(=O)Cc2ccccc2)CC1. The van der Waals surface area contributed by atoms with Gasteiger partial charge in [-0.25, -0.2) is 0 Å². The van der Waals surface area contributed by atoms with Crippen LogP contribution in [0.1, 0.15) is 42.4 Å². The van der Waals surface area contributed by atoms with E-state index < -0.39 is 0 Å². The number of piperazine rings is 1. The fourth-order valence-corrected chi connectivity index (χ4v) is 6.87. The summed E-state index contributed by atoms with van der Waals surface area (Å²) in [4.78, 5) is 33.8. The van der Waals surface area contributed by atoms with Crippen molar-refractivity contribution in [1.29, 1.82) is 0 Å². The molecular formula is C40H47N5O2. The fraction of sp³-hybridized carbons (Fsp3) is 0.350. The number of rotatable bonds is 10. The van der Waals surface area contributed by atoms with Crippen molar-refractivity contribution in [1.82, 2.24) is 9.80 Å². The van der Waals surface area contributed by atoms with Crippen LogP contribution in [0, 0.1) is 0 Å². The maximum atomic E-state index is 13.8. The van der Waals surface area contributed by atoms with E-state index in [2.05, 4.69) is 69.5 Å². The molecule has 4 aromatic carbocycles. The molecule has 7 nitrogen and oxygen atoms in total. The zero-order chi connectivity index (χ0) is 32.6. The molecule has 1 aliphatic carbocycles. The Morgan fingerprint density at radius 2 is 1.34 bits per heavy atom. The number of benzene rings is 4. The van der Waals surface area contributed by atoms with E-state index in [4.69, 9.17) is 5.73 Å². The van der Waals surface area contributed by atoms with Crippen LogP contribution in [0.25, 0.3) is 11.1 Å². The highest BCUT2D eigenvalue weighted by molar-refractivity contribution is 5.96. The van der Waals surface area contributed by atoms with Gasteiger partial charge < -0.3 is 25.8 Å². The molecule has 2 aliphatic rings. The second-order valence-electron chi connectivity index (χ2n) is 13.2. The molecule has 2 fully saturated rings. The number of likely N-dealkylation sites (N-methyl/N-ethyl adjacent to an activating group) is 1. The molecule has 1 saturated heterocycles. The zero-order valence-corrected chi connectivity index (χ0v) is 27.5. The number of carbonyl (C=O) groups is 2. The lowest BCUT2D eigenvalue weighted by atomic mass is 9.90. The molecule has 0 spiro atoms. The molecule has 1 heterocycles. The summed E-state index contributed by atoms with van der Waals surface area (Å²) in [5.74, 6) is 0.124. The van der Waals surface area contributed by atoms with E-state index in [0.29, 0.717) is 19.4 Å². The molecule has 0 atom stereocenters. The standard InChI is InChI=1S/C40H47N5O2/c1-43-21-23-44(24-22-43)38-20-15-34(28-37(38)42-39(46)26-30-9-4-2-5-10-30)33-14-8-13-32(25-33)29-45(36-18-16-35(41)17-19-36)40(47)27-31-11-6-3-7-12-31/h2-15,20,25,28,35-36H,16-19,21-24,26-27,29,41H2,1H3,(H,42,46). The summed E-state index contributed by atoms with van der Waals surface area (Å²) in [6, 6.07) is 35.2. The first kappa shape index (κ1) is 32.5.